The van der Waals surface area contributed by atoms with Gasteiger partial charge in [0.1, 0.15) is 0 Å². The molecule has 0 radical (unpaired) electrons. The summed E-state index contributed by atoms with van der Waals surface area (Å²) in [4.78, 5) is 12.1. The standard InChI is InChI=1S/C12H15N3O/c13-7-5-8-10(9(14)6-7)15-11(16)12(8)3-1-2-4-12/h5-6H,1-4,13-14H2,(H,15,16). The molecular weight excluding hydrogens is 202 g/mol. The molecule has 0 saturated heterocycles. The predicted molar refractivity (Wildman–Crippen MR) is 64.0 cm³/mol. The van der Waals surface area contributed by atoms with Crippen molar-refractivity contribution in [2.45, 2.75) is 31.1 Å². The highest BCUT2D eigenvalue weighted by Gasteiger charge is 2.49. The fourth-order valence-corrected chi connectivity index (χ4v) is 3.04. The van der Waals surface area contributed by atoms with Crippen molar-refractivity contribution in [1.29, 1.82) is 0 Å². The number of carbonyl (C=O) groups is 1. The average molecular weight is 217 g/mol. The zero-order chi connectivity index (χ0) is 11.3. The van der Waals surface area contributed by atoms with Crippen molar-refractivity contribution in [1.82, 2.24) is 0 Å². The second kappa shape index (κ2) is 2.90. The maximum Gasteiger partial charge on any atom is 0.235 e. The van der Waals surface area contributed by atoms with E-state index in [2.05, 4.69) is 5.32 Å². The van der Waals surface area contributed by atoms with Gasteiger partial charge in [-0.1, -0.05) is 12.8 Å². The molecule has 1 fully saturated rings. The number of anilines is 3. The first kappa shape index (κ1) is 9.51. The number of carbonyl (C=O) groups excluding carboxylic acids is 1. The Morgan fingerprint density at radius 1 is 1.19 bits per heavy atom. The molecule has 1 heterocycles. The number of hydrogen-bond donors (Lipinski definition) is 3. The average Bonchev–Trinajstić information content (AvgIpc) is 2.79. The van der Waals surface area contributed by atoms with Crippen LogP contribution in [-0.2, 0) is 10.2 Å². The lowest BCUT2D eigenvalue weighted by Crippen LogP contribution is -2.30. The summed E-state index contributed by atoms with van der Waals surface area (Å²) < 4.78 is 0. The molecule has 1 aliphatic heterocycles. The first-order valence-corrected chi connectivity index (χ1v) is 5.64. The molecule has 0 bridgehead atoms. The van der Waals surface area contributed by atoms with Gasteiger partial charge in [0.05, 0.1) is 16.8 Å². The van der Waals surface area contributed by atoms with Crippen molar-refractivity contribution in [3.8, 4) is 0 Å². The summed E-state index contributed by atoms with van der Waals surface area (Å²) in [6.45, 7) is 0. The van der Waals surface area contributed by atoms with Crippen LogP contribution in [0.3, 0.4) is 0 Å². The Labute approximate surface area is 94.0 Å². The Morgan fingerprint density at radius 2 is 1.88 bits per heavy atom. The van der Waals surface area contributed by atoms with Gasteiger partial charge in [-0.2, -0.15) is 0 Å². The summed E-state index contributed by atoms with van der Waals surface area (Å²) in [5, 5.41) is 2.91. The number of nitrogens with one attached hydrogen (secondary N) is 1. The minimum atomic E-state index is -0.348. The molecule has 4 nitrogen and oxygen atoms in total. The van der Waals surface area contributed by atoms with Crippen LogP contribution in [-0.4, -0.2) is 5.91 Å². The Kier molecular flexibility index (Phi) is 1.73. The van der Waals surface area contributed by atoms with Gasteiger partial charge in [-0.3, -0.25) is 4.79 Å². The van der Waals surface area contributed by atoms with E-state index in [9.17, 15) is 4.79 Å². The van der Waals surface area contributed by atoms with Crippen LogP contribution in [0, 0.1) is 0 Å². The van der Waals surface area contributed by atoms with Gasteiger partial charge in [-0.15, -0.1) is 0 Å². The van der Waals surface area contributed by atoms with Gasteiger partial charge in [0, 0.05) is 5.69 Å². The van der Waals surface area contributed by atoms with E-state index in [4.69, 9.17) is 11.5 Å². The van der Waals surface area contributed by atoms with Crippen LogP contribution in [0.4, 0.5) is 17.1 Å². The molecule has 1 saturated carbocycles. The first-order chi connectivity index (χ1) is 7.63. The molecule has 1 aliphatic carbocycles. The van der Waals surface area contributed by atoms with Crippen LogP contribution >= 0.6 is 0 Å². The normalized spacial score (nSPS) is 21.1. The summed E-state index contributed by atoms with van der Waals surface area (Å²) in [6, 6.07) is 3.60. The molecule has 0 unspecified atom stereocenters. The number of rotatable bonds is 0. The Morgan fingerprint density at radius 3 is 2.56 bits per heavy atom. The third kappa shape index (κ3) is 1.01. The fraction of sp³-hybridized carbons (Fsp3) is 0.417. The van der Waals surface area contributed by atoms with E-state index in [-0.39, 0.29) is 11.3 Å². The van der Waals surface area contributed by atoms with Gasteiger partial charge in [0.15, 0.2) is 0 Å². The quantitative estimate of drug-likeness (QED) is 0.577. The van der Waals surface area contributed by atoms with Crippen molar-refractivity contribution in [2.24, 2.45) is 0 Å². The Balaban J connectivity index is 2.24. The lowest BCUT2D eigenvalue weighted by molar-refractivity contribution is -0.120. The molecule has 1 aromatic rings. The van der Waals surface area contributed by atoms with Gasteiger partial charge in [-0.05, 0) is 30.5 Å². The van der Waals surface area contributed by atoms with E-state index in [1.54, 1.807) is 6.07 Å². The largest absolute Gasteiger partial charge is 0.399 e. The molecule has 5 N–H and O–H groups in total. The Bertz CT molecular complexity index is 475. The van der Waals surface area contributed by atoms with E-state index in [0.29, 0.717) is 11.4 Å². The number of nitrogen functional groups attached to an aromatic ring is 2. The number of amides is 1. The molecule has 1 spiro atoms. The maximum absolute atomic E-state index is 12.1. The first-order valence-electron chi connectivity index (χ1n) is 5.64. The van der Waals surface area contributed by atoms with E-state index >= 15 is 0 Å². The molecule has 0 atom stereocenters. The Hall–Kier alpha value is -1.71. The van der Waals surface area contributed by atoms with E-state index in [0.717, 1.165) is 36.9 Å². The number of nitrogens with two attached hydrogens (primary N) is 2. The van der Waals surface area contributed by atoms with Crippen LogP contribution in [0.5, 0.6) is 0 Å². The van der Waals surface area contributed by atoms with Crippen molar-refractivity contribution >= 4 is 23.0 Å². The molecule has 84 valence electrons. The summed E-state index contributed by atoms with van der Waals surface area (Å²) in [6.07, 6.45) is 4.02. The highest BCUT2D eigenvalue weighted by molar-refractivity contribution is 6.09. The summed E-state index contributed by atoms with van der Waals surface area (Å²) in [5.41, 5.74) is 14.4. The lowest BCUT2D eigenvalue weighted by atomic mass is 9.80. The van der Waals surface area contributed by atoms with Crippen LogP contribution in [0.15, 0.2) is 12.1 Å². The second-order valence-corrected chi connectivity index (χ2v) is 4.78. The SMILES string of the molecule is Nc1cc(N)c2c(c1)C1(CCCC1)C(=O)N2. The van der Waals surface area contributed by atoms with Crippen LogP contribution in [0.2, 0.25) is 0 Å². The molecule has 3 rings (SSSR count). The van der Waals surface area contributed by atoms with Gasteiger partial charge in [0.2, 0.25) is 5.91 Å². The van der Waals surface area contributed by atoms with Gasteiger partial charge in [0.25, 0.3) is 0 Å². The van der Waals surface area contributed by atoms with Gasteiger partial charge < -0.3 is 16.8 Å². The van der Waals surface area contributed by atoms with Crippen molar-refractivity contribution in [3.05, 3.63) is 17.7 Å². The molecular formula is C12H15N3O. The highest BCUT2D eigenvalue weighted by atomic mass is 16.2. The second-order valence-electron chi connectivity index (χ2n) is 4.78. The van der Waals surface area contributed by atoms with Crippen LogP contribution in [0.1, 0.15) is 31.2 Å². The van der Waals surface area contributed by atoms with Crippen LogP contribution in [0.25, 0.3) is 0 Å². The van der Waals surface area contributed by atoms with Gasteiger partial charge in [-0.25, -0.2) is 0 Å². The molecule has 2 aliphatic rings. The monoisotopic (exact) mass is 217 g/mol. The van der Waals surface area contributed by atoms with E-state index < -0.39 is 0 Å². The lowest BCUT2D eigenvalue weighted by Gasteiger charge is -2.20. The molecule has 1 aromatic carbocycles. The highest BCUT2D eigenvalue weighted by Crippen LogP contribution is 2.50. The van der Waals surface area contributed by atoms with Crippen molar-refractivity contribution in [2.75, 3.05) is 16.8 Å². The molecule has 1 amide bonds. The summed E-state index contributed by atoms with van der Waals surface area (Å²) in [5.74, 6) is 0.0947. The van der Waals surface area contributed by atoms with Crippen molar-refractivity contribution in [3.63, 3.8) is 0 Å². The van der Waals surface area contributed by atoms with E-state index in [1.807, 2.05) is 6.07 Å². The minimum Gasteiger partial charge on any atom is -0.399 e. The minimum absolute atomic E-state index is 0.0947. The van der Waals surface area contributed by atoms with Crippen molar-refractivity contribution < 1.29 is 4.79 Å². The summed E-state index contributed by atoms with van der Waals surface area (Å²) in [7, 11) is 0. The molecule has 4 heteroatoms. The summed E-state index contributed by atoms with van der Waals surface area (Å²) >= 11 is 0. The maximum atomic E-state index is 12.1. The zero-order valence-corrected chi connectivity index (χ0v) is 9.05. The number of fused-ring (bicyclic) bond motifs is 2. The molecule has 16 heavy (non-hydrogen) atoms. The predicted octanol–water partition coefficient (Wildman–Crippen LogP) is 1.61. The third-order valence-electron chi connectivity index (χ3n) is 3.84. The van der Waals surface area contributed by atoms with E-state index in [1.165, 1.54) is 0 Å². The smallest absolute Gasteiger partial charge is 0.235 e. The molecule has 0 aromatic heterocycles. The van der Waals surface area contributed by atoms with Gasteiger partial charge >= 0.3 is 0 Å². The third-order valence-corrected chi connectivity index (χ3v) is 3.84. The van der Waals surface area contributed by atoms with Crippen LogP contribution < -0.4 is 16.8 Å². The zero-order valence-electron chi connectivity index (χ0n) is 9.05. The number of hydrogen-bond acceptors (Lipinski definition) is 3. The fourth-order valence-electron chi connectivity index (χ4n) is 3.04. The number of benzene rings is 1. The topological polar surface area (TPSA) is 81.1 Å².